The van der Waals surface area contributed by atoms with E-state index in [1.54, 1.807) is 13.0 Å². The van der Waals surface area contributed by atoms with Gasteiger partial charge in [-0.05, 0) is 48.4 Å². The third-order valence-electron chi connectivity index (χ3n) is 2.99. The number of aryl methyl sites for hydroxylation is 1. The molecule has 112 valence electrons. The monoisotopic (exact) mass is 301 g/mol. The molecule has 0 saturated carbocycles. The molecule has 0 radical (unpaired) electrons. The van der Waals surface area contributed by atoms with Crippen LogP contribution in [0.3, 0.4) is 0 Å². The lowest BCUT2D eigenvalue weighted by Gasteiger charge is -2.11. The van der Waals surface area contributed by atoms with Crippen molar-refractivity contribution in [2.75, 3.05) is 5.32 Å². The number of hydrogen-bond donors (Lipinski definition) is 1. The first-order valence-electron chi connectivity index (χ1n) is 6.13. The summed E-state index contributed by atoms with van der Waals surface area (Å²) in [5.74, 6) is -1.66. The van der Waals surface area contributed by atoms with Crippen LogP contribution in [0.15, 0.2) is 36.4 Å². The highest BCUT2D eigenvalue weighted by Gasteiger charge is 2.34. The zero-order valence-electron chi connectivity index (χ0n) is 11.1. The average molecular weight is 301 g/mol. The second-order valence-corrected chi connectivity index (χ2v) is 4.63. The van der Waals surface area contributed by atoms with E-state index in [-0.39, 0.29) is 17.9 Å². The number of halogens is 5. The van der Waals surface area contributed by atoms with Gasteiger partial charge < -0.3 is 5.32 Å². The summed E-state index contributed by atoms with van der Waals surface area (Å²) >= 11 is 0. The molecule has 1 N–H and O–H groups in total. The lowest BCUT2D eigenvalue weighted by molar-refractivity contribution is -0.140. The molecule has 0 spiro atoms. The number of nitrogens with one attached hydrogen (secondary N) is 1. The van der Waals surface area contributed by atoms with Crippen molar-refractivity contribution < 1.29 is 22.0 Å². The van der Waals surface area contributed by atoms with Gasteiger partial charge in [-0.2, -0.15) is 13.2 Å². The topological polar surface area (TPSA) is 12.0 Å². The Balaban J connectivity index is 2.15. The molecule has 0 aromatic heterocycles. The van der Waals surface area contributed by atoms with Gasteiger partial charge in [0.1, 0.15) is 11.6 Å². The van der Waals surface area contributed by atoms with Crippen molar-refractivity contribution in [3.8, 4) is 0 Å². The van der Waals surface area contributed by atoms with Gasteiger partial charge in [-0.25, -0.2) is 8.78 Å². The van der Waals surface area contributed by atoms with E-state index in [0.29, 0.717) is 11.3 Å². The molecule has 0 saturated heterocycles. The van der Waals surface area contributed by atoms with Crippen LogP contribution in [-0.2, 0) is 12.7 Å². The molecule has 0 aliphatic carbocycles. The van der Waals surface area contributed by atoms with Crippen LogP contribution < -0.4 is 5.32 Å². The van der Waals surface area contributed by atoms with Crippen LogP contribution in [0.2, 0.25) is 0 Å². The third-order valence-corrected chi connectivity index (χ3v) is 2.99. The van der Waals surface area contributed by atoms with Crippen molar-refractivity contribution in [3.63, 3.8) is 0 Å². The van der Waals surface area contributed by atoms with Gasteiger partial charge in [0, 0.05) is 12.2 Å². The van der Waals surface area contributed by atoms with Crippen LogP contribution in [0.5, 0.6) is 0 Å². The average Bonchev–Trinajstić information content (AvgIpc) is 2.40. The Kier molecular flexibility index (Phi) is 4.16. The highest BCUT2D eigenvalue weighted by molar-refractivity contribution is 5.46. The van der Waals surface area contributed by atoms with Crippen molar-refractivity contribution in [2.45, 2.75) is 19.6 Å². The fraction of sp³-hybridized carbons (Fsp3) is 0.200. The fourth-order valence-electron chi connectivity index (χ4n) is 1.86. The molecule has 2 rings (SSSR count). The second kappa shape index (κ2) is 5.71. The van der Waals surface area contributed by atoms with Gasteiger partial charge in [0.2, 0.25) is 0 Å². The van der Waals surface area contributed by atoms with E-state index in [1.807, 2.05) is 0 Å². The summed E-state index contributed by atoms with van der Waals surface area (Å²) in [4.78, 5) is 0. The maximum atomic E-state index is 13.1. The Hall–Kier alpha value is -2.11. The van der Waals surface area contributed by atoms with E-state index >= 15 is 0 Å². The van der Waals surface area contributed by atoms with Crippen LogP contribution in [0, 0.1) is 18.6 Å². The summed E-state index contributed by atoms with van der Waals surface area (Å²) < 4.78 is 64.0. The summed E-state index contributed by atoms with van der Waals surface area (Å²) in [6.45, 7) is 1.66. The van der Waals surface area contributed by atoms with Gasteiger partial charge in [0.15, 0.2) is 0 Å². The smallest absolute Gasteiger partial charge is 0.381 e. The second-order valence-electron chi connectivity index (χ2n) is 4.63. The largest absolute Gasteiger partial charge is 0.419 e. The normalized spacial score (nSPS) is 11.5. The quantitative estimate of drug-likeness (QED) is 0.795. The van der Waals surface area contributed by atoms with E-state index in [0.717, 1.165) is 12.1 Å². The molecular weight excluding hydrogens is 289 g/mol. The lowest BCUT2D eigenvalue weighted by atomic mass is 10.1. The molecule has 0 atom stereocenters. The standard InChI is InChI=1S/C15H12F5N/c1-9-6-11(3-5-13(9)16)21-8-10-2-4-14(17)12(7-10)15(18,19)20/h2-7,21H,8H2,1H3. The Bertz CT molecular complexity index is 649. The van der Waals surface area contributed by atoms with Crippen molar-refractivity contribution in [2.24, 2.45) is 0 Å². The molecule has 6 heteroatoms. The Morgan fingerprint density at radius 3 is 2.24 bits per heavy atom. The molecule has 0 fully saturated rings. The number of hydrogen-bond acceptors (Lipinski definition) is 1. The zero-order valence-corrected chi connectivity index (χ0v) is 11.1. The zero-order chi connectivity index (χ0) is 15.6. The predicted molar refractivity (Wildman–Crippen MR) is 69.9 cm³/mol. The summed E-state index contributed by atoms with van der Waals surface area (Å²) in [6, 6.07) is 7.12. The van der Waals surface area contributed by atoms with Gasteiger partial charge in [0.05, 0.1) is 5.56 Å². The van der Waals surface area contributed by atoms with Gasteiger partial charge in [0.25, 0.3) is 0 Å². The van der Waals surface area contributed by atoms with Crippen LogP contribution in [0.25, 0.3) is 0 Å². The molecule has 0 unspecified atom stereocenters. The molecule has 1 nitrogen and oxygen atoms in total. The maximum Gasteiger partial charge on any atom is 0.419 e. The first-order valence-corrected chi connectivity index (χ1v) is 6.13. The molecule has 2 aromatic carbocycles. The predicted octanol–water partition coefficient (Wildman–Crippen LogP) is 4.90. The van der Waals surface area contributed by atoms with E-state index < -0.39 is 17.6 Å². The number of anilines is 1. The summed E-state index contributed by atoms with van der Waals surface area (Å²) in [6.07, 6.45) is -4.73. The molecule has 0 amide bonds. The Labute approximate surface area is 118 Å². The van der Waals surface area contributed by atoms with E-state index in [2.05, 4.69) is 5.32 Å². The van der Waals surface area contributed by atoms with Crippen LogP contribution >= 0.6 is 0 Å². The van der Waals surface area contributed by atoms with Crippen molar-refractivity contribution in [1.29, 1.82) is 0 Å². The first kappa shape index (κ1) is 15.3. The van der Waals surface area contributed by atoms with Crippen LogP contribution in [0.4, 0.5) is 27.6 Å². The minimum absolute atomic E-state index is 0.0778. The minimum Gasteiger partial charge on any atom is -0.381 e. The van der Waals surface area contributed by atoms with Gasteiger partial charge >= 0.3 is 6.18 Å². The SMILES string of the molecule is Cc1cc(NCc2ccc(F)c(C(F)(F)F)c2)ccc1F. The lowest BCUT2D eigenvalue weighted by Crippen LogP contribution is -2.10. The molecular formula is C15H12F5N. The van der Waals surface area contributed by atoms with Gasteiger partial charge in [-0.15, -0.1) is 0 Å². The highest BCUT2D eigenvalue weighted by Crippen LogP contribution is 2.32. The number of benzene rings is 2. The molecule has 0 aliphatic heterocycles. The summed E-state index contributed by atoms with van der Waals surface area (Å²) in [5, 5.41) is 2.87. The number of alkyl halides is 3. The van der Waals surface area contributed by atoms with Crippen molar-refractivity contribution >= 4 is 5.69 Å². The minimum atomic E-state index is -4.73. The highest BCUT2D eigenvalue weighted by atomic mass is 19.4. The van der Waals surface area contributed by atoms with E-state index in [4.69, 9.17) is 0 Å². The third kappa shape index (κ3) is 3.71. The van der Waals surface area contributed by atoms with Gasteiger partial charge in [-0.3, -0.25) is 0 Å². The van der Waals surface area contributed by atoms with Gasteiger partial charge in [-0.1, -0.05) is 6.07 Å². The number of rotatable bonds is 3. The Morgan fingerprint density at radius 2 is 1.62 bits per heavy atom. The van der Waals surface area contributed by atoms with E-state index in [1.165, 1.54) is 18.2 Å². The maximum absolute atomic E-state index is 13.1. The Morgan fingerprint density at radius 1 is 0.952 bits per heavy atom. The molecule has 0 heterocycles. The van der Waals surface area contributed by atoms with Crippen molar-refractivity contribution in [1.82, 2.24) is 0 Å². The molecule has 0 aliphatic rings. The van der Waals surface area contributed by atoms with Crippen molar-refractivity contribution in [3.05, 3.63) is 64.7 Å². The molecule has 0 bridgehead atoms. The molecule has 21 heavy (non-hydrogen) atoms. The molecule has 2 aromatic rings. The fourth-order valence-corrected chi connectivity index (χ4v) is 1.86. The first-order chi connectivity index (χ1) is 9.77. The summed E-state index contributed by atoms with van der Waals surface area (Å²) in [5.41, 5.74) is -0.00957. The van der Waals surface area contributed by atoms with E-state index in [9.17, 15) is 22.0 Å². The van der Waals surface area contributed by atoms with Crippen LogP contribution in [0.1, 0.15) is 16.7 Å². The van der Waals surface area contributed by atoms with Crippen LogP contribution in [-0.4, -0.2) is 0 Å². The summed E-state index contributed by atoms with van der Waals surface area (Å²) in [7, 11) is 0.